The minimum Gasteiger partial charge on any atom is -0.489 e. The van der Waals surface area contributed by atoms with Crippen LogP contribution in [0.5, 0.6) is 5.75 Å². The van der Waals surface area contributed by atoms with Crippen molar-refractivity contribution >= 4 is 12.0 Å². The molecule has 0 radical (unpaired) electrons. The lowest BCUT2D eigenvalue weighted by Crippen LogP contribution is -2.26. The molecule has 0 spiro atoms. The Morgan fingerprint density at radius 2 is 1.47 bits per heavy atom. The number of carboxylic acid groups (broad SMARTS) is 1. The summed E-state index contributed by atoms with van der Waals surface area (Å²) in [5.74, 6) is -0.142. The third kappa shape index (κ3) is 6.36. The van der Waals surface area contributed by atoms with Crippen LogP contribution in [0.3, 0.4) is 0 Å². The van der Waals surface area contributed by atoms with Gasteiger partial charge in [-0.05, 0) is 91.1 Å². The lowest BCUT2D eigenvalue weighted by molar-refractivity contribution is 0.0696. The molecular formula is C34H42O4. The Hall–Kier alpha value is -3.37. The van der Waals surface area contributed by atoms with Gasteiger partial charge < -0.3 is 14.9 Å². The van der Waals surface area contributed by atoms with E-state index in [9.17, 15) is 15.0 Å². The molecule has 2 N–H and O–H groups in total. The first kappa shape index (κ1) is 29.2. The van der Waals surface area contributed by atoms with Crippen molar-refractivity contribution in [3.63, 3.8) is 0 Å². The van der Waals surface area contributed by atoms with Crippen molar-refractivity contribution in [2.24, 2.45) is 0 Å². The third-order valence-corrected chi connectivity index (χ3v) is 8.12. The van der Waals surface area contributed by atoms with Crippen LogP contribution in [-0.4, -0.2) is 21.8 Å². The van der Waals surface area contributed by atoms with E-state index >= 15 is 0 Å². The maximum absolute atomic E-state index is 11.3. The van der Waals surface area contributed by atoms with E-state index in [2.05, 4.69) is 58.0 Å². The topological polar surface area (TPSA) is 66.8 Å². The lowest BCUT2D eigenvalue weighted by atomic mass is 9.70. The van der Waals surface area contributed by atoms with Crippen LogP contribution in [0.1, 0.15) is 97.1 Å². The number of hydrogen-bond acceptors (Lipinski definition) is 3. The van der Waals surface area contributed by atoms with Gasteiger partial charge in [-0.2, -0.15) is 0 Å². The Labute approximate surface area is 228 Å². The second-order valence-corrected chi connectivity index (χ2v) is 10.3. The minimum absolute atomic E-state index is 0.125. The number of aliphatic hydroxyl groups is 1. The Bertz CT molecular complexity index is 1280. The molecule has 0 saturated carbocycles. The van der Waals surface area contributed by atoms with Gasteiger partial charge in [-0.1, -0.05) is 82.3 Å². The molecule has 38 heavy (non-hydrogen) atoms. The molecule has 0 fully saturated rings. The molecule has 4 nitrogen and oxygen atoms in total. The van der Waals surface area contributed by atoms with E-state index < -0.39 is 11.6 Å². The highest BCUT2D eigenvalue weighted by molar-refractivity contribution is 5.87. The Kier molecular flexibility index (Phi) is 9.56. The van der Waals surface area contributed by atoms with Crippen molar-refractivity contribution < 1.29 is 19.7 Å². The number of rotatable bonds is 12. The summed E-state index contributed by atoms with van der Waals surface area (Å²) >= 11 is 0. The highest BCUT2D eigenvalue weighted by atomic mass is 16.5. The Morgan fingerprint density at radius 1 is 0.842 bits per heavy atom. The molecule has 0 atom stereocenters. The molecule has 3 rings (SSSR count). The van der Waals surface area contributed by atoms with Gasteiger partial charge in [0.15, 0.2) is 0 Å². The van der Waals surface area contributed by atoms with E-state index in [1.807, 2.05) is 38.1 Å². The Balaban J connectivity index is 1.87. The van der Waals surface area contributed by atoms with Gasteiger partial charge in [0.1, 0.15) is 12.4 Å². The van der Waals surface area contributed by atoms with Crippen LogP contribution in [0.4, 0.5) is 0 Å². The van der Waals surface area contributed by atoms with E-state index in [0.717, 1.165) is 35.3 Å². The van der Waals surface area contributed by atoms with Crippen LogP contribution in [-0.2, 0) is 12.0 Å². The SMILES string of the molecule is CCC(O)(C=Cc1ccc(C(CC)(CC)c2ccc(OCc3cccc(C(=O)O)c3)c(C)c2)cc1C)CC. The molecule has 0 saturated heterocycles. The predicted molar refractivity (Wildman–Crippen MR) is 156 cm³/mol. The highest BCUT2D eigenvalue weighted by Crippen LogP contribution is 2.41. The molecule has 202 valence electrons. The summed E-state index contributed by atoms with van der Waals surface area (Å²) < 4.78 is 6.08. The summed E-state index contributed by atoms with van der Waals surface area (Å²) in [4.78, 5) is 11.3. The van der Waals surface area contributed by atoms with Crippen LogP contribution < -0.4 is 4.74 Å². The first-order chi connectivity index (χ1) is 18.1. The lowest BCUT2D eigenvalue weighted by Gasteiger charge is -2.34. The van der Waals surface area contributed by atoms with Crippen molar-refractivity contribution in [1.29, 1.82) is 0 Å². The highest BCUT2D eigenvalue weighted by Gasteiger charge is 2.31. The van der Waals surface area contributed by atoms with Crippen molar-refractivity contribution in [3.8, 4) is 5.75 Å². The van der Waals surface area contributed by atoms with Gasteiger partial charge in [-0.3, -0.25) is 0 Å². The third-order valence-electron chi connectivity index (χ3n) is 8.12. The summed E-state index contributed by atoms with van der Waals surface area (Å²) in [5.41, 5.74) is 6.12. The number of ether oxygens (including phenoxy) is 1. The average molecular weight is 515 g/mol. The monoisotopic (exact) mass is 514 g/mol. The molecular weight excluding hydrogens is 472 g/mol. The van der Waals surface area contributed by atoms with Crippen LogP contribution in [0.2, 0.25) is 0 Å². The Morgan fingerprint density at radius 3 is 2.03 bits per heavy atom. The summed E-state index contributed by atoms with van der Waals surface area (Å²) in [7, 11) is 0. The van der Waals surface area contributed by atoms with Gasteiger partial charge in [0.2, 0.25) is 0 Å². The van der Waals surface area contributed by atoms with Gasteiger partial charge in [0.25, 0.3) is 0 Å². The molecule has 0 aliphatic carbocycles. The molecule has 0 amide bonds. The van der Waals surface area contributed by atoms with Crippen molar-refractivity contribution in [3.05, 3.63) is 106 Å². The number of aromatic carboxylic acids is 1. The molecule has 0 heterocycles. The van der Waals surface area contributed by atoms with Crippen molar-refractivity contribution in [1.82, 2.24) is 0 Å². The maximum Gasteiger partial charge on any atom is 0.335 e. The van der Waals surface area contributed by atoms with Crippen LogP contribution in [0, 0.1) is 13.8 Å². The molecule has 3 aromatic rings. The second kappa shape index (κ2) is 12.4. The number of aryl methyl sites for hydroxylation is 2. The largest absolute Gasteiger partial charge is 0.489 e. The van der Waals surface area contributed by atoms with Gasteiger partial charge in [0.05, 0.1) is 11.2 Å². The zero-order valence-corrected chi connectivity index (χ0v) is 23.7. The van der Waals surface area contributed by atoms with E-state index in [4.69, 9.17) is 4.74 Å². The fourth-order valence-electron chi connectivity index (χ4n) is 5.19. The standard InChI is InChI=1S/C34H42O4/c1-7-33(37,8-2)19-18-27-14-15-29(20-24(27)5)34(9-3,10-4)30-16-17-31(25(6)21-30)38-23-26-12-11-13-28(22-26)32(35)36/h11-22,37H,7-10,23H2,1-6H3,(H,35,36). The number of carbonyl (C=O) groups is 1. The number of benzene rings is 3. The fourth-order valence-corrected chi connectivity index (χ4v) is 5.19. The van der Waals surface area contributed by atoms with Crippen LogP contribution in [0.15, 0.2) is 66.7 Å². The molecule has 0 aromatic heterocycles. The summed E-state index contributed by atoms with van der Waals surface area (Å²) in [6, 6.07) is 20.0. The van der Waals surface area contributed by atoms with Crippen molar-refractivity contribution in [2.75, 3.05) is 0 Å². The molecule has 4 heteroatoms. The normalized spacial score (nSPS) is 12.2. The summed E-state index contributed by atoms with van der Waals surface area (Å²) in [5, 5.41) is 19.9. The first-order valence-corrected chi connectivity index (χ1v) is 13.7. The predicted octanol–water partition coefficient (Wildman–Crippen LogP) is 8.25. The minimum atomic E-state index is -0.939. The quantitative estimate of drug-likeness (QED) is 0.255. The van der Waals surface area contributed by atoms with Crippen LogP contribution in [0.25, 0.3) is 6.08 Å². The summed E-state index contributed by atoms with van der Waals surface area (Å²) in [6.45, 7) is 13.0. The van der Waals surface area contributed by atoms with Gasteiger partial charge in [0, 0.05) is 5.41 Å². The van der Waals surface area contributed by atoms with E-state index in [-0.39, 0.29) is 11.0 Å². The molecule has 0 aliphatic rings. The van der Waals surface area contributed by atoms with Crippen molar-refractivity contribution in [2.45, 2.75) is 84.8 Å². The molecule has 0 aliphatic heterocycles. The van der Waals surface area contributed by atoms with Gasteiger partial charge in [-0.25, -0.2) is 4.79 Å². The van der Waals surface area contributed by atoms with E-state index in [1.54, 1.807) is 18.2 Å². The average Bonchev–Trinajstić information content (AvgIpc) is 2.93. The zero-order chi connectivity index (χ0) is 27.9. The number of carboxylic acids is 1. The fraction of sp³-hybridized carbons (Fsp3) is 0.382. The maximum atomic E-state index is 11.3. The van der Waals surface area contributed by atoms with Crippen LogP contribution >= 0.6 is 0 Å². The zero-order valence-electron chi connectivity index (χ0n) is 23.7. The van der Waals surface area contributed by atoms with E-state index in [1.165, 1.54) is 16.7 Å². The molecule has 3 aromatic carbocycles. The van der Waals surface area contributed by atoms with Gasteiger partial charge in [-0.15, -0.1) is 0 Å². The summed E-state index contributed by atoms with van der Waals surface area (Å²) in [6.07, 6.45) is 7.30. The van der Waals surface area contributed by atoms with Gasteiger partial charge >= 0.3 is 5.97 Å². The first-order valence-electron chi connectivity index (χ1n) is 13.7. The second-order valence-electron chi connectivity index (χ2n) is 10.3. The smallest absolute Gasteiger partial charge is 0.335 e. The molecule has 0 unspecified atom stereocenters. The van der Waals surface area contributed by atoms with E-state index in [0.29, 0.717) is 19.4 Å². The number of hydrogen-bond donors (Lipinski definition) is 2. The molecule has 0 bridgehead atoms.